The number of hydrogen-bond acceptors (Lipinski definition) is 4. The molecule has 0 radical (unpaired) electrons. The molecule has 1 saturated heterocycles. The van der Waals surface area contributed by atoms with Crippen molar-refractivity contribution in [3.8, 4) is 0 Å². The number of nitrogens with two attached hydrogens (primary N) is 1. The van der Waals surface area contributed by atoms with Gasteiger partial charge in [-0.05, 0) is 45.2 Å². The van der Waals surface area contributed by atoms with Crippen molar-refractivity contribution in [1.29, 1.82) is 0 Å². The summed E-state index contributed by atoms with van der Waals surface area (Å²) in [6, 6.07) is -0.187. The molecule has 3 amide bonds. The number of rotatable bonds is 5. The quantitative estimate of drug-likeness (QED) is 0.698. The Morgan fingerprint density at radius 2 is 1.95 bits per heavy atom. The number of urea groups is 1. The van der Waals surface area contributed by atoms with Crippen LogP contribution in [-0.4, -0.2) is 49.1 Å². The lowest BCUT2D eigenvalue weighted by Gasteiger charge is -2.33. The van der Waals surface area contributed by atoms with Crippen molar-refractivity contribution in [3.63, 3.8) is 0 Å². The number of carbonyl (C=O) groups is 2. The number of piperidine rings is 1. The van der Waals surface area contributed by atoms with Crippen molar-refractivity contribution in [2.24, 2.45) is 11.7 Å². The normalized spacial score (nSPS) is 17.9. The minimum atomic E-state index is -0.405. The monoisotopic (exact) mass is 306 g/mol. The average molecular weight is 307 g/mol. The number of nitrogens with zero attached hydrogens (tertiary/aromatic N) is 1. The predicted molar refractivity (Wildman–Crippen MR) is 81.9 cm³/mol. The van der Waals surface area contributed by atoms with Crippen LogP contribution in [0.3, 0.4) is 0 Å². The third-order valence-electron chi connectivity index (χ3n) is 3.53. The van der Waals surface area contributed by atoms with Crippen LogP contribution in [0.4, 0.5) is 4.79 Å². The van der Waals surface area contributed by atoms with Gasteiger partial charge in [-0.2, -0.15) is 0 Å². The van der Waals surface area contributed by atoms with Crippen molar-refractivity contribution in [2.45, 2.75) is 39.2 Å². The van der Waals surface area contributed by atoms with E-state index in [0.29, 0.717) is 12.5 Å². The number of hydrogen-bond donors (Lipinski definition) is 3. The highest BCUT2D eigenvalue weighted by molar-refractivity contribution is 5.95. The highest BCUT2D eigenvalue weighted by Crippen LogP contribution is 2.18. The number of carbonyl (C=O) groups excluding carboxylic acids is 2. The summed E-state index contributed by atoms with van der Waals surface area (Å²) in [6.07, 6.45) is 2.90. The minimum Gasteiger partial charge on any atom is -0.338 e. The van der Waals surface area contributed by atoms with Gasteiger partial charge in [0.25, 0.3) is 0 Å². The van der Waals surface area contributed by atoms with Crippen LogP contribution in [0.1, 0.15) is 33.1 Å². The molecule has 7 heteroatoms. The maximum atomic E-state index is 11.7. The molecule has 0 aromatic heterocycles. The first kappa shape index (κ1) is 19.1. The van der Waals surface area contributed by atoms with E-state index in [1.54, 1.807) is 0 Å². The van der Waals surface area contributed by atoms with Gasteiger partial charge in [-0.15, -0.1) is 12.4 Å². The lowest BCUT2D eigenvalue weighted by molar-refractivity contribution is -0.121. The Kier molecular flexibility index (Phi) is 9.54. The van der Waals surface area contributed by atoms with Crippen molar-refractivity contribution in [1.82, 2.24) is 15.5 Å². The van der Waals surface area contributed by atoms with Gasteiger partial charge in [0.05, 0.1) is 6.54 Å². The van der Waals surface area contributed by atoms with Crippen LogP contribution in [-0.2, 0) is 4.79 Å². The molecule has 20 heavy (non-hydrogen) atoms. The second kappa shape index (κ2) is 9.96. The Morgan fingerprint density at radius 3 is 2.45 bits per heavy atom. The number of amides is 3. The van der Waals surface area contributed by atoms with Gasteiger partial charge in [-0.25, -0.2) is 4.79 Å². The first-order valence-electron chi connectivity index (χ1n) is 7.08. The summed E-state index contributed by atoms with van der Waals surface area (Å²) in [5, 5.41) is 4.96. The number of halogens is 1. The summed E-state index contributed by atoms with van der Waals surface area (Å²) < 4.78 is 0. The largest absolute Gasteiger partial charge is 0.338 e. The molecule has 1 heterocycles. The maximum absolute atomic E-state index is 11.7. The smallest absolute Gasteiger partial charge is 0.321 e. The Balaban J connectivity index is 0.00000361. The third kappa shape index (κ3) is 7.07. The highest BCUT2D eigenvalue weighted by Gasteiger charge is 2.23. The lowest BCUT2D eigenvalue weighted by atomic mass is 9.91. The molecule has 0 saturated carbocycles. The molecule has 1 fully saturated rings. The van der Waals surface area contributed by atoms with Crippen LogP contribution in [0.5, 0.6) is 0 Å². The second-order valence-corrected chi connectivity index (χ2v) is 5.28. The van der Waals surface area contributed by atoms with Gasteiger partial charge in [-0.3, -0.25) is 15.0 Å². The summed E-state index contributed by atoms with van der Waals surface area (Å²) in [6.45, 7) is 6.60. The van der Waals surface area contributed by atoms with Gasteiger partial charge in [0.15, 0.2) is 0 Å². The van der Waals surface area contributed by atoms with Crippen LogP contribution in [0.15, 0.2) is 0 Å². The van der Waals surface area contributed by atoms with Crippen molar-refractivity contribution < 1.29 is 9.59 Å². The molecule has 6 nitrogen and oxygen atoms in total. The molecular weight excluding hydrogens is 280 g/mol. The SMILES string of the molecule is CCCNC(=O)NC(=O)CN1CCC(C(C)N)CC1.Cl. The molecule has 1 aliphatic rings. The van der Waals surface area contributed by atoms with Gasteiger partial charge in [0.1, 0.15) is 0 Å². The third-order valence-corrected chi connectivity index (χ3v) is 3.53. The van der Waals surface area contributed by atoms with Crippen LogP contribution < -0.4 is 16.4 Å². The number of likely N-dealkylation sites (tertiary alicyclic amines) is 1. The van der Waals surface area contributed by atoms with Crippen LogP contribution in [0, 0.1) is 5.92 Å². The summed E-state index contributed by atoms with van der Waals surface area (Å²) >= 11 is 0. The molecule has 0 bridgehead atoms. The van der Waals surface area contributed by atoms with E-state index >= 15 is 0 Å². The van der Waals surface area contributed by atoms with Crippen LogP contribution >= 0.6 is 12.4 Å². The van der Waals surface area contributed by atoms with Gasteiger partial charge in [0.2, 0.25) is 5.91 Å². The molecule has 1 rings (SSSR count). The fraction of sp³-hybridized carbons (Fsp3) is 0.846. The fourth-order valence-electron chi connectivity index (χ4n) is 2.29. The van der Waals surface area contributed by atoms with Gasteiger partial charge in [0, 0.05) is 12.6 Å². The Labute approximate surface area is 127 Å². The molecule has 1 aliphatic heterocycles. The Hall–Kier alpha value is -0.850. The Morgan fingerprint density at radius 1 is 1.35 bits per heavy atom. The standard InChI is InChI=1S/C13H26N4O2.ClH/c1-3-6-15-13(19)16-12(18)9-17-7-4-11(5-8-17)10(2)14;/h10-11H,3-9,14H2,1-2H3,(H2,15,16,18,19);1H. The maximum Gasteiger partial charge on any atom is 0.321 e. The van der Waals surface area contributed by atoms with Crippen molar-refractivity contribution in [2.75, 3.05) is 26.2 Å². The summed E-state index contributed by atoms with van der Waals surface area (Å²) in [5.74, 6) is 0.306. The van der Waals surface area contributed by atoms with E-state index in [0.717, 1.165) is 32.4 Å². The summed E-state index contributed by atoms with van der Waals surface area (Å²) in [5.41, 5.74) is 5.88. The summed E-state index contributed by atoms with van der Waals surface area (Å²) in [4.78, 5) is 25.0. The average Bonchev–Trinajstić information content (AvgIpc) is 2.36. The molecule has 118 valence electrons. The van der Waals surface area contributed by atoms with Crippen molar-refractivity contribution >= 4 is 24.3 Å². The molecule has 4 N–H and O–H groups in total. The molecule has 0 aliphatic carbocycles. The first-order valence-corrected chi connectivity index (χ1v) is 7.08. The zero-order valence-corrected chi connectivity index (χ0v) is 13.2. The molecule has 0 aromatic carbocycles. The zero-order chi connectivity index (χ0) is 14.3. The van der Waals surface area contributed by atoms with E-state index < -0.39 is 6.03 Å². The second-order valence-electron chi connectivity index (χ2n) is 5.28. The number of imide groups is 1. The number of nitrogens with one attached hydrogen (secondary N) is 2. The van der Waals surface area contributed by atoms with E-state index in [9.17, 15) is 9.59 Å². The molecule has 1 atom stereocenters. The fourth-order valence-corrected chi connectivity index (χ4v) is 2.29. The van der Waals surface area contributed by atoms with E-state index in [1.165, 1.54) is 0 Å². The topological polar surface area (TPSA) is 87.5 Å². The first-order chi connectivity index (χ1) is 9.02. The zero-order valence-electron chi connectivity index (χ0n) is 12.4. The molecule has 0 spiro atoms. The Bertz CT molecular complexity index is 305. The van der Waals surface area contributed by atoms with Crippen molar-refractivity contribution in [3.05, 3.63) is 0 Å². The lowest BCUT2D eigenvalue weighted by Crippen LogP contribution is -2.47. The van der Waals surface area contributed by atoms with Gasteiger partial charge in [-0.1, -0.05) is 6.92 Å². The highest BCUT2D eigenvalue weighted by atomic mass is 35.5. The summed E-state index contributed by atoms with van der Waals surface area (Å²) in [7, 11) is 0. The minimum absolute atomic E-state index is 0. The molecule has 1 unspecified atom stereocenters. The van der Waals surface area contributed by atoms with E-state index in [1.807, 2.05) is 13.8 Å². The van der Waals surface area contributed by atoms with E-state index in [2.05, 4.69) is 15.5 Å². The van der Waals surface area contributed by atoms with E-state index in [4.69, 9.17) is 5.73 Å². The van der Waals surface area contributed by atoms with Gasteiger partial charge < -0.3 is 11.1 Å². The molecular formula is C13H27ClN4O2. The van der Waals surface area contributed by atoms with E-state index in [-0.39, 0.29) is 30.9 Å². The van der Waals surface area contributed by atoms with Crippen LogP contribution in [0.25, 0.3) is 0 Å². The van der Waals surface area contributed by atoms with Crippen LogP contribution in [0.2, 0.25) is 0 Å². The van der Waals surface area contributed by atoms with Gasteiger partial charge >= 0.3 is 6.03 Å². The predicted octanol–water partition coefficient (Wildman–Crippen LogP) is 0.703. The molecule has 0 aromatic rings.